The van der Waals surface area contributed by atoms with Crippen molar-refractivity contribution in [3.63, 3.8) is 0 Å². The number of hydrogen-bond acceptors (Lipinski definition) is 4. The zero-order valence-electron chi connectivity index (χ0n) is 11.7. The van der Waals surface area contributed by atoms with Crippen LogP contribution >= 0.6 is 11.3 Å². The number of benzene rings is 1. The summed E-state index contributed by atoms with van der Waals surface area (Å²) in [6.07, 6.45) is 0. The molecular formula is C15H15N3O2S. The quantitative estimate of drug-likeness (QED) is 0.519. The lowest BCUT2D eigenvalue weighted by Crippen LogP contribution is -2.32. The topological polar surface area (TPSA) is 70.6 Å². The lowest BCUT2D eigenvalue weighted by molar-refractivity contribution is -0.136. The molecule has 0 spiro atoms. The van der Waals surface area contributed by atoms with E-state index in [4.69, 9.17) is 0 Å². The number of nitrogens with zero attached hydrogens (tertiary/aromatic N) is 1. The van der Waals surface area contributed by atoms with Crippen LogP contribution < -0.4 is 10.7 Å². The molecule has 108 valence electrons. The van der Waals surface area contributed by atoms with E-state index in [1.807, 2.05) is 36.6 Å². The molecule has 1 aromatic heterocycles. The summed E-state index contributed by atoms with van der Waals surface area (Å²) in [6.45, 7) is 3.71. The van der Waals surface area contributed by atoms with E-state index in [0.29, 0.717) is 11.4 Å². The summed E-state index contributed by atoms with van der Waals surface area (Å²) in [5.74, 6) is -1.55. The van der Waals surface area contributed by atoms with Crippen LogP contribution in [0.5, 0.6) is 0 Å². The summed E-state index contributed by atoms with van der Waals surface area (Å²) in [7, 11) is 0. The van der Waals surface area contributed by atoms with Crippen LogP contribution in [0.2, 0.25) is 0 Å². The van der Waals surface area contributed by atoms with E-state index >= 15 is 0 Å². The fourth-order valence-electron chi connectivity index (χ4n) is 1.55. The molecule has 1 aromatic carbocycles. The maximum absolute atomic E-state index is 11.7. The fraction of sp³-hybridized carbons (Fsp3) is 0.133. The molecule has 1 heterocycles. The molecule has 2 rings (SSSR count). The first-order chi connectivity index (χ1) is 10.1. The summed E-state index contributed by atoms with van der Waals surface area (Å²) in [5, 5.41) is 8.34. The molecule has 0 aliphatic rings. The number of amides is 2. The Morgan fingerprint density at radius 1 is 1.10 bits per heavy atom. The summed E-state index contributed by atoms with van der Waals surface area (Å²) in [4.78, 5) is 24.3. The van der Waals surface area contributed by atoms with Gasteiger partial charge in [0.1, 0.15) is 0 Å². The Hall–Kier alpha value is -2.47. The molecule has 0 saturated carbocycles. The van der Waals surface area contributed by atoms with E-state index in [-0.39, 0.29) is 0 Å². The summed E-state index contributed by atoms with van der Waals surface area (Å²) in [6, 6.07) is 11.0. The highest BCUT2D eigenvalue weighted by molar-refractivity contribution is 7.12. The first-order valence-electron chi connectivity index (χ1n) is 6.32. The average molecular weight is 301 g/mol. The number of carbonyl (C=O) groups is 2. The van der Waals surface area contributed by atoms with Gasteiger partial charge in [-0.2, -0.15) is 5.10 Å². The molecule has 0 saturated heterocycles. The number of carbonyl (C=O) groups excluding carboxylic acids is 2. The first kappa shape index (κ1) is 14.9. The van der Waals surface area contributed by atoms with Crippen molar-refractivity contribution in [2.24, 2.45) is 5.10 Å². The van der Waals surface area contributed by atoms with E-state index < -0.39 is 11.8 Å². The highest BCUT2D eigenvalue weighted by atomic mass is 32.1. The van der Waals surface area contributed by atoms with Crippen molar-refractivity contribution in [2.45, 2.75) is 13.8 Å². The van der Waals surface area contributed by atoms with Crippen molar-refractivity contribution in [1.29, 1.82) is 0 Å². The molecule has 0 fully saturated rings. The average Bonchev–Trinajstić information content (AvgIpc) is 3.01. The van der Waals surface area contributed by atoms with Gasteiger partial charge in [0.2, 0.25) is 0 Å². The van der Waals surface area contributed by atoms with Crippen LogP contribution in [0, 0.1) is 6.92 Å². The minimum Gasteiger partial charge on any atom is -0.318 e. The van der Waals surface area contributed by atoms with Gasteiger partial charge in [-0.3, -0.25) is 9.59 Å². The number of hydrogen-bond donors (Lipinski definition) is 2. The van der Waals surface area contributed by atoms with Crippen LogP contribution in [0.15, 0.2) is 46.9 Å². The molecule has 2 aromatic rings. The Balaban J connectivity index is 1.92. The second-order valence-corrected chi connectivity index (χ2v) is 5.38. The van der Waals surface area contributed by atoms with Crippen molar-refractivity contribution < 1.29 is 9.59 Å². The zero-order valence-corrected chi connectivity index (χ0v) is 12.5. The van der Waals surface area contributed by atoms with Gasteiger partial charge in [-0.1, -0.05) is 23.8 Å². The third kappa shape index (κ3) is 4.25. The van der Waals surface area contributed by atoms with Gasteiger partial charge < -0.3 is 5.32 Å². The van der Waals surface area contributed by atoms with E-state index in [1.165, 1.54) is 11.3 Å². The Kier molecular flexibility index (Phi) is 4.84. The molecule has 0 aliphatic heterocycles. The third-order valence-corrected chi connectivity index (χ3v) is 3.70. The molecule has 0 radical (unpaired) electrons. The van der Waals surface area contributed by atoms with Crippen LogP contribution in [-0.4, -0.2) is 17.5 Å². The molecule has 0 aliphatic carbocycles. The van der Waals surface area contributed by atoms with Crippen molar-refractivity contribution in [3.05, 3.63) is 52.2 Å². The van der Waals surface area contributed by atoms with E-state index in [0.717, 1.165) is 10.4 Å². The zero-order chi connectivity index (χ0) is 15.2. The largest absolute Gasteiger partial charge is 0.329 e. The van der Waals surface area contributed by atoms with Crippen molar-refractivity contribution in [1.82, 2.24) is 5.43 Å². The highest BCUT2D eigenvalue weighted by Gasteiger charge is 2.13. The fourth-order valence-corrected chi connectivity index (χ4v) is 2.23. The highest BCUT2D eigenvalue weighted by Crippen LogP contribution is 2.09. The van der Waals surface area contributed by atoms with Gasteiger partial charge in [-0.25, -0.2) is 5.43 Å². The molecule has 5 nitrogen and oxygen atoms in total. The summed E-state index contributed by atoms with van der Waals surface area (Å²) in [5.41, 5.74) is 4.55. The SMILES string of the molecule is C/C(=N/NC(=O)C(=O)Nc1ccc(C)cc1)c1cccs1. The number of rotatable bonds is 3. The van der Waals surface area contributed by atoms with Crippen molar-refractivity contribution in [2.75, 3.05) is 5.32 Å². The van der Waals surface area contributed by atoms with Crippen LogP contribution in [0.4, 0.5) is 5.69 Å². The molecule has 6 heteroatoms. The third-order valence-electron chi connectivity index (χ3n) is 2.72. The Labute approximate surface area is 126 Å². The second kappa shape index (κ2) is 6.81. The van der Waals surface area contributed by atoms with Crippen molar-refractivity contribution in [3.8, 4) is 0 Å². The van der Waals surface area contributed by atoms with Crippen LogP contribution in [0.3, 0.4) is 0 Å². The predicted octanol–water partition coefficient (Wildman–Crippen LogP) is 2.54. The lowest BCUT2D eigenvalue weighted by atomic mass is 10.2. The lowest BCUT2D eigenvalue weighted by Gasteiger charge is -2.04. The number of aryl methyl sites for hydroxylation is 1. The Bertz CT molecular complexity index is 661. The number of nitrogens with one attached hydrogen (secondary N) is 2. The predicted molar refractivity (Wildman–Crippen MR) is 84.5 cm³/mol. The number of hydrazone groups is 1. The van der Waals surface area contributed by atoms with Gasteiger partial charge in [0, 0.05) is 10.6 Å². The van der Waals surface area contributed by atoms with E-state index in [2.05, 4.69) is 15.8 Å². The van der Waals surface area contributed by atoms with E-state index in [1.54, 1.807) is 19.1 Å². The minimum atomic E-state index is -0.800. The molecule has 21 heavy (non-hydrogen) atoms. The standard InChI is InChI=1S/C15H15N3O2S/c1-10-5-7-12(8-6-10)16-14(19)15(20)18-17-11(2)13-4-3-9-21-13/h3-9H,1-2H3,(H,16,19)(H,18,20)/b17-11-. The monoisotopic (exact) mass is 301 g/mol. The molecule has 2 N–H and O–H groups in total. The number of anilines is 1. The van der Waals surface area contributed by atoms with E-state index in [9.17, 15) is 9.59 Å². The van der Waals surface area contributed by atoms with Crippen LogP contribution in [-0.2, 0) is 9.59 Å². The smallest absolute Gasteiger partial charge is 0.318 e. The second-order valence-electron chi connectivity index (χ2n) is 4.44. The first-order valence-corrected chi connectivity index (χ1v) is 7.20. The van der Waals surface area contributed by atoms with Crippen LogP contribution in [0.25, 0.3) is 0 Å². The normalized spacial score (nSPS) is 11.0. The molecule has 0 unspecified atom stereocenters. The van der Waals surface area contributed by atoms with Crippen molar-refractivity contribution >= 4 is 34.6 Å². The number of thiophene rings is 1. The van der Waals surface area contributed by atoms with Gasteiger partial charge in [0.25, 0.3) is 0 Å². The minimum absolute atomic E-state index is 0.569. The van der Waals surface area contributed by atoms with Gasteiger partial charge in [-0.15, -0.1) is 11.3 Å². The maximum Gasteiger partial charge on any atom is 0.329 e. The Morgan fingerprint density at radius 3 is 2.43 bits per heavy atom. The van der Waals surface area contributed by atoms with Gasteiger partial charge in [0.05, 0.1) is 5.71 Å². The van der Waals surface area contributed by atoms with Gasteiger partial charge in [-0.05, 0) is 37.4 Å². The molecule has 0 atom stereocenters. The Morgan fingerprint density at radius 2 is 1.81 bits per heavy atom. The summed E-state index contributed by atoms with van der Waals surface area (Å²) >= 11 is 1.51. The van der Waals surface area contributed by atoms with Gasteiger partial charge >= 0.3 is 11.8 Å². The maximum atomic E-state index is 11.7. The molecular weight excluding hydrogens is 286 g/mol. The molecule has 2 amide bonds. The molecule has 0 bridgehead atoms. The van der Waals surface area contributed by atoms with Gasteiger partial charge in [0.15, 0.2) is 0 Å². The van der Waals surface area contributed by atoms with Crippen LogP contribution in [0.1, 0.15) is 17.4 Å². The summed E-state index contributed by atoms with van der Waals surface area (Å²) < 4.78 is 0.